The van der Waals surface area contributed by atoms with Crippen LogP contribution in [0.2, 0.25) is 5.02 Å². The Bertz CT molecular complexity index is 426. The van der Waals surface area contributed by atoms with Gasteiger partial charge in [-0.2, -0.15) is 0 Å². The predicted octanol–water partition coefficient (Wildman–Crippen LogP) is 1.17. The normalized spacial score (nSPS) is 9.82. The van der Waals surface area contributed by atoms with Crippen molar-refractivity contribution in [3.63, 3.8) is 0 Å². The van der Waals surface area contributed by atoms with E-state index in [0.29, 0.717) is 0 Å². The molecule has 0 saturated heterocycles. The fourth-order valence-electron chi connectivity index (χ4n) is 1.08. The lowest BCUT2D eigenvalue weighted by molar-refractivity contribution is -0.131. The third-order valence-electron chi connectivity index (χ3n) is 2.08. The molecule has 0 aliphatic rings. The van der Waals surface area contributed by atoms with Crippen molar-refractivity contribution < 1.29 is 14.3 Å². The highest BCUT2D eigenvalue weighted by atomic mass is 35.5. The van der Waals surface area contributed by atoms with Gasteiger partial charge in [-0.3, -0.25) is 4.79 Å². The van der Waals surface area contributed by atoms with Crippen molar-refractivity contribution in [1.82, 2.24) is 4.90 Å². The summed E-state index contributed by atoms with van der Waals surface area (Å²) in [6.45, 7) is -0.337. The lowest BCUT2D eigenvalue weighted by Gasteiger charge is -2.11. The third kappa shape index (κ3) is 3.35. The summed E-state index contributed by atoms with van der Waals surface area (Å²) in [5.74, 6) is -1.02. The van der Waals surface area contributed by atoms with E-state index in [1.807, 2.05) is 0 Å². The minimum Gasteiger partial charge on any atom is -0.452 e. The molecular formula is C11H13ClN2O3. The molecule has 92 valence electrons. The van der Waals surface area contributed by atoms with Gasteiger partial charge in [-0.05, 0) is 12.1 Å². The Balaban J connectivity index is 2.74. The lowest BCUT2D eigenvalue weighted by atomic mass is 10.2. The Hall–Kier alpha value is -1.75. The van der Waals surface area contributed by atoms with E-state index in [1.54, 1.807) is 20.2 Å². The van der Waals surface area contributed by atoms with Crippen molar-refractivity contribution in [2.24, 2.45) is 0 Å². The van der Waals surface area contributed by atoms with Crippen molar-refractivity contribution in [3.05, 3.63) is 28.8 Å². The number of nitrogen functional groups attached to an aromatic ring is 1. The van der Waals surface area contributed by atoms with Crippen LogP contribution in [0.4, 0.5) is 5.69 Å². The SMILES string of the molecule is CN(C)C(=O)COC(=O)c1c(N)cccc1Cl. The number of amides is 1. The van der Waals surface area contributed by atoms with Gasteiger partial charge in [0.15, 0.2) is 6.61 Å². The molecule has 0 unspecified atom stereocenters. The largest absolute Gasteiger partial charge is 0.452 e. The van der Waals surface area contributed by atoms with Gasteiger partial charge in [0.05, 0.1) is 5.02 Å². The first-order valence-corrected chi connectivity index (χ1v) is 5.22. The maximum Gasteiger partial charge on any atom is 0.342 e. The van der Waals surface area contributed by atoms with Crippen molar-refractivity contribution in [2.75, 3.05) is 26.4 Å². The van der Waals surface area contributed by atoms with Crippen LogP contribution in [0.3, 0.4) is 0 Å². The molecule has 0 radical (unpaired) electrons. The Morgan fingerprint density at radius 3 is 2.59 bits per heavy atom. The number of rotatable bonds is 3. The number of nitrogens with two attached hydrogens (primary N) is 1. The molecule has 1 rings (SSSR count). The van der Waals surface area contributed by atoms with Gasteiger partial charge in [0.2, 0.25) is 0 Å². The van der Waals surface area contributed by atoms with Crippen LogP contribution >= 0.6 is 11.6 Å². The summed E-state index contributed by atoms with van der Waals surface area (Å²) in [4.78, 5) is 24.2. The van der Waals surface area contributed by atoms with Crippen molar-refractivity contribution in [3.8, 4) is 0 Å². The highest BCUT2D eigenvalue weighted by Gasteiger charge is 2.17. The molecule has 0 aromatic heterocycles. The number of esters is 1. The van der Waals surface area contributed by atoms with E-state index in [4.69, 9.17) is 22.1 Å². The second kappa shape index (κ2) is 5.54. The fraction of sp³-hybridized carbons (Fsp3) is 0.273. The second-order valence-corrected chi connectivity index (χ2v) is 3.98. The quantitative estimate of drug-likeness (QED) is 0.651. The van der Waals surface area contributed by atoms with Crippen LogP contribution in [-0.2, 0) is 9.53 Å². The first kappa shape index (κ1) is 13.3. The van der Waals surface area contributed by atoms with E-state index < -0.39 is 5.97 Å². The standard InChI is InChI=1S/C11H13ClN2O3/c1-14(2)9(15)6-17-11(16)10-7(12)4-3-5-8(10)13/h3-5H,6,13H2,1-2H3. The number of carbonyl (C=O) groups excluding carboxylic acids is 2. The van der Waals surface area contributed by atoms with Crippen LogP contribution in [0.5, 0.6) is 0 Å². The Morgan fingerprint density at radius 2 is 2.06 bits per heavy atom. The number of likely N-dealkylation sites (N-methyl/N-ethyl adjacent to an activating group) is 1. The van der Waals surface area contributed by atoms with E-state index in [9.17, 15) is 9.59 Å². The van der Waals surface area contributed by atoms with Gasteiger partial charge >= 0.3 is 5.97 Å². The molecule has 0 fully saturated rings. The van der Waals surface area contributed by atoms with Gasteiger partial charge in [-0.15, -0.1) is 0 Å². The predicted molar refractivity (Wildman–Crippen MR) is 64.8 cm³/mol. The summed E-state index contributed by atoms with van der Waals surface area (Å²) in [6.07, 6.45) is 0. The number of nitrogens with zero attached hydrogens (tertiary/aromatic N) is 1. The van der Waals surface area contributed by atoms with Crippen LogP contribution < -0.4 is 5.73 Å². The molecule has 0 saturated carbocycles. The van der Waals surface area contributed by atoms with Gasteiger partial charge in [-0.1, -0.05) is 17.7 Å². The van der Waals surface area contributed by atoms with Gasteiger partial charge in [-0.25, -0.2) is 4.79 Å². The average Bonchev–Trinajstić information content (AvgIpc) is 2.25. The number of hydrogen-bond donors (Lipinski definition) is 1. The average molecular weight is 257 g/mol. The highest BCUT2D eigenvalue weighted by molar-refractivity contribution is 6.34. The summed E-state index contributed by atoms with van der Waals surface area (Å²) in [6, 6.07) is 4.69. The zero-order valence-corrected chi connectivity index (χ0v) is 10.3. The number of benzene rings is 1. The van der Waals surface area contributed by atoms with Crippen LogP contribution in [-0.4, -0.2) is 37.5 Å². The Kier molecular flexibility index (Phi) is 4.34. The lowest BCUT2D eigenvalue weighted by Crippen LogP contribution is -2.27. The van der Waals surface area contributed by atoms with E-state index in [-0.39, 0.29) is 28.8 Å². The summed E-state index contributed by atoms with van der Waals surface area (Å²) in [7, 11) is 3.14. The zero-order chi connectivity index (χ0) is 13.0. The van der Waals surface area contributed by atoms with Crippen molar-refractivity contribution in [2.45, 2.75) is 0 Å². The van der Waals surface area contributed by atoms with Gasteiger partial charge < -0.3 is 15.4 Å². The first-order chi connectivity index (χ1) is 7.93. The Morgan fingerprint density at radius 1 is 1.41 bits per heavy atom. The molecule has 0 aliphatic heterocycles. The number of anilines is 1. The Labute approximate surface area is 104 Å². The van der Waals surface area contributed by atoms with Crippen LogP contribution in [0.25, 0.3) is 0 Å². The number of halogens is 1. The molecule has 0 spiro atoms. The minimum atomic E-state index is -0.705. The first-order valence-electron chi connectivity index (χ1n) is 4.84. The second-order valence-electron chi connectivity index (χ2n) is 3.57. The summed E-state index contributed by atoms with van der Waals surface area (Å²) in [5.41, 5.74) is 5.91. The van der Waals surface area contributed by atoms with Crippen LogP contribution in [0.15, 0.2) is 18.2 Å². The third-order valence-corrected chi connectivity index (χ3v) is 2.39. The summed E-state index contributed by atoms with van der Waals surface area (Å²) >= 11 is 5.83. The van der Waals surface area contributed by atoms with E-state index in [1.165, 1.54) is 17.0 Å². The molecule has 5 nitrogen and oxygen atoms in total. The van der Waals surface area contributed by atoms with Crippen LogP contribution in [0.1, 0.15) is 10.4 Å². The molecule has 0 aliphatic carbocycles. The number of ether oxygens (including phenoxy) is 1. The molecule has 6 heteroatoms. The molecule has 1 aromatic rings. The minimum absolute atomic E-state index is 0.0840. The molecule has 1 amide bonds. The highest BCUT2D eigenvalue weighted by Crippen LogP contribution is 2.22. The topological polar surface area (TPSA) is 72.6 Å². The molecule has 0 heterocycles. The molecule has 1 aromatic carbocycles. The zero-order valence-electron chi connectivity index (χ0n) is 9.57. The molecular weight excluding hydrogens is 244 g/mol. The summed E-state index contributed by atoms with van der Waals surface area (Å²) < 4.78 is 4.82. The molecule has 17 heavy (non-hydrogen) atoms. The van der Waals surface area contributed by atoms with Gasteiger partial charge in [0.25, 0.3) is 5.91 Å². The summed E-state index contributed by atoms with van der Waals surface area (Å²) in [5, 5.41) is 0.201. The van der Waals surface area contributed by atoms with Crippen molar-refractivity contribution in [1.29, 1.82) is 0 Å². The van der Waals surface area contributed by atoms with E-state index in [0.717, 1.165) is 0 Å². The van der Waals surface area contributed by atoms with Crippen LogP contribution in [0, 0.1) is 0 Å². The maximum absolute atomic E-state index is 11.7. The van der Waals surface area contributed by atoms with E-state index in [2.05, 4.69) is 0 Å². The maximum atomic E-state index is 11.7. The van der Waals surface area contributed by atoms with E-state index >= 15 is 0 Å². The fourth-order valence-corrected chi connectivity index (χ4v) is 1.34. The smallest absolute Gasteiger partial charge is 0.342 e. The van der Waals surface area contributed by atoms with Gasteiger partial charge in [0, 0.05) is 19.8 Å². The number of hydrogen-bond acceptors (Lipinski definition) is 4. The monoisotopic (exact) mass is 256 g/mol. The molecule has 2 N–H and O–H groups in total. The molecule has 0 atom stereocenters. The van der Waals surface area contributed by atoms with Crippen molar-refractivity contribution >= 4 is 29.2 Å². The molecule has 0 bridgehead atoms. The van der Waals surface area contributed by atoms with Gasteiger partial charge in [0.1, 0.15) is 5.56 Å². The number of carbonyl (C=O) groups is 2.